The maximum Gasteiger partial charge on any atom is 0.250 e. The van der Waals surface area contributed by atoms with Gasteiger partial charge in [-0.25, -0.2) is 0 Å². The first kappa shape index (κ1) is 12.7. The molecule has 0 saturated heterocycles. The number of allylic oxidation sites excluding steroid dienone is 3. The van der Waals surface area contributed by atoms with Crippen molar-refractivity contribution in [2.45, 2.75) is 6.92 Å². The Labute approximate surface area is 113 Å². The molecule has 92 valence electrons. The average molecular weight is 277 g/mol. The smallest absolute Gasteiger partial charge is 0.250 e. The van der Waals surface area contributed by atoms with Crippen LogP contribution < -0.4 is 5.32 Å². The lowest BCUT2D eigenvalue weighted by Gasteiger charge is -1.92. The largest absolute Gasteiger partial charge is 0.297 e. The highest BCUT2D eigenvalue weighted by Gasteiger charge is 2.08. The minimum atomic E-state index is -0.207. The molecule has 1 amide bonds. The summed E-state index contributed by atoms with van der Waals surface area (Å²) in [5.41, 5.74) is 0. The van der Waals surface area contributed by atoms with E-state index in [0.29, 0.717) is 5.13 Å². The number of hydrogen-bond acceptors (Lipinski definition) is 5. The highest BCUT2D eigenvalue weighted by molar-refractivity contribution is 7.23. The summed E-state index contributed by atoms with van der Waals surface area (Å²) in [5, 5.41) is 13.9. The number of anilines is 1. The number of thiophene rings is 1. The lowest BCUT2D eigenvalue weighted by atomic mass is 10.4. The van der Waals surface area contributed by atoms with Crippen LogP contribution in [0.4, 0.5) is 5.13 Å². The van der Waals surface area contributed by atoms with Crippen LogP contribution in [0.1, 0.15) is 6.92 Å². The van der Waals surface area contributed by atoms with Gasteiger partial charge >= 0.3 is 0 Å². The molecule has 1 N–H and O–H groups in total. The number of rotatable bonds is 4. The second-order valence-electron chi connectivity index (χ2n) is 3.26. The van der Waals surface area contributed by atoms with Crippen LogP contribution in [-0.2, 0) is 4.79 Å². The second kappa shape index (κ2) is 6.23. The third-order valence-corrected chi connectivity index (χ3v) is 3.82. The van der Waals surface area contributed by atoms with Crippen molar-refractivity contribution in [3.05, 3.63) is 41.8 Å². The molecule has 18 heavy (non-hydrogen) atoms. The lowest BCUT2D eigenvalue weighted by molar-refractivity contribution is -0.111. The molecule has 0 aliphatic carbocycles. The molecular formula is C12H11N3OS2. The van der Waals surface area contributed by atoms with E-state index in [9.17, 15) is 4.79 Å². The van der Waals surface area contributed by atoms with E-state index in [2.05, 4.69) is 15.5 Å². The summed E-state index contributed by atoms with van der Waals surface area (Å²) in [5.74, 6) is -0.207. The van der Waals surface area contributed by atoms with Gasteiger partial charge in [0.25, 0.3) is 0 Å². The van der Waals surface area contributed by atoms with Crippen molar-refractivity contribution < 1.29 is 4.79 Å². The van der Waals surface area contributed by atoms with Gasteiger partial charge in [-0.15, -0.1) is 21.5 Å². The summed E-state index contributed by atoms with van der Waals surface area (Å²) in [6.45, 7) is 1.89. The fraction of sp³-hybridized carbons (Fsp3) is 0.0833. The van der Waals surface area contributed by atoms with Crippen LogP contribution in [0.25, 0.3) is 9.88 Å². The minimum Gasteiger partial charge on any atom is -0.297 e. The normalized spacial score (nSPS) is 11.4. The molecule has 0 aliphatic rings. The topological polar surface area (TPSA) is 54.9 Å². The second-order valence-corrected chi connectivity index (χ2v) is 5.19. The minimum absolute atomic E-state index is 0.207. The van der Waals surface area contributed by atoms with Crippen molar-refractivity contribution in [2.75, 3.05) is 5.32 Å². The van der Waals surface area contributed by atoms with E-state index >= 15 is 0 Å². The monoisotopic (exact) mass is 277 g/mol. The maximum atomic E-state index is 11.5. The zero-order chi connectivity index (χ0) is 12.8. The van der Waals surface area contributed by atoms with Gasteiger partial charge in [0.2, 0.25) is 11.0 Å². The molecule has 0 bridgehead atoms. The Morgan fingerprint density at radius 3 is 3.00 bits per heavy atom. The highest BCUT2D eigenvalue weighted by Crippen LogP contribution is 2.29. The Kier molecular flexibility index (Phi) is 4.38. The molecule has 4 nitrogen and oxygen atoms in total. The quantitative estimate of drug-likeness (QED) is 0.689. The fourth-order valence-electron chi connectivity index (χ4n) is 1.17. The van der Waals surface area contributed by atoms with Crippen molar-refractivity contribution in [3.8, 4) is 9.88 Å². The lowest BCUT2D eigenvalue weighted by Crippen LogP contribution is -2.07. The first-order valence-corrected chi connectivity index (χ1v) is 6.97. The third kappa shape index (κ3) is 3.35. The molecule has 0 aromatic carbocycles. The van der Waals surface area contributed by atoms with Gasteiger partial charge in [0.1, 0.15) is 0 Å². The summed E-state index contributed by atoms with van der Waals surface area (Å²) in [7, 11) is 0. The summed E-state index contributed by atoms with van der Waals surface area (Å²) < 4.78 is 0. The third-order valence-electron chi connectivity index (χ3n) is 1.94. The van der Waals surface area contributed by atoms with Crippen LogP contribution in [0.15, 0.2) is 41.8 Å². The molecule has 0 spiro atoms. The van der Waals surface area contributed by atoms with Crippen LogP contribution >= 0.6 is 22.7 Å². The summed E-state index contributed by atoms with van der Waals surface area (Å²) in [4.78, 5) is 12.5. The van der Waals surface area contributed by atoms with Gasteiger partial charge in [0.05, 0.1) is 4.88 Å². The van der Waals surface area contributed by atoms with Gasteiger partial charge in [-0.05, 0) is 18.4 Å². The molecule has 0 unspecified atom stereocenters. The molecular weight excluding hydrogens is 266 g/mol. The molecule has 0 radical (unpaired) electrons. The average Bonchev–Trinajstić information content (AvgIpc) is 2.98. The van der Waals surface area contributed by atoms with E-state index in [1.54, 1.807) is 23.5 Å². The molecule has 0 aliphatic heterocycles. The summed E-state index contributed by atoms with van der Waals surface area (Å²) in [6.07, 6.45) is 6.77. The van der Waals surface area contributed by atoms with Crippen LogP contribution in [0.3, 0.4) is 0 Å². The number of amides is 1. The predicted octanol–water partition coefficient (Wildman–Crippen LogP) is 3.34. The first-order valence-electron chi connectivity index (χ1n) is 5.27. The number of carbonyl (C=O) groups is 1. The zero-order valence-corrected chi connectivity index (χ0v) is 11.3. The molecule has 2 aromatic heterocycles. The molecule has 0 saturated carbocycles. The number of aromatic nitrogens is 2. The van der Waals surface area contributed by atoms with E-state index in [1.807, 2.05) is 30.5 Å². The first-order chi connectivity index (χ1) is 8.79. The van der Waals surface area contributed by atoms with Gasteiger partial charge in [-0.3, -0.25) is 10.1 Å². The number of nitrogens with one attached hydrogen (secondary N) is 1. The van der Waals surface area contributed by atoms with Gasteiger partial charge in [-0.1, -0.05) is 35.6 Å². The van der Waals surface area contributed by atoms with E-state index in [-0.39, 0.29) is 5.91 Å². The molecule has 0 fully saturated rings. The molecule has 6 heteroatoms. The van der Waals surface area contributed by atoms with Gasteiger partial charge < -0.3 is 0 Å². The SMILES string of the molecule is C/C=C/C=C/C(=O)Nc1nnc(-c2cccs2)s1. The van der Waals surface area contributed by atoms with Crippen LogP contribution in [0.2, 0.25) is 0 Å². The molecule has 2 heterocycles. The zero-order valence-electron chi connectivity index (χ0n) is 9.66. The Morgan fingerprint density at radius 2 is 2.28 bits per heavy atom. The van der Waals surface area contributed by atoms with Crippen LogP contribution in [0, 0.1) is 0 Å². The number of carbonyl (C=O) groups excluding carboxylic acids is 1. The van der Waals surface area contributed by atoms with E-state index in [0.717, 1.165) is 9.88 Å². The fourth-order valence-corrected chi connectivity index (χ4v) is 2.71. The van der Waals surface area contributed by atoms with Crippen LogP contribution in [0.5, 0.6) is 0 Å². The molecule has 2 aromatic rings. The van der Waals surface area contributed by atoms with E-state index < -0.39 is 0 Å². The van der Waals surface area contributed by atoms with Crippen molar-refractivity contribution >= 4 is 33.7 Å². The highest BCUT2D eigenvalue weighted by atomic mass is 32.1. The van der Waals surface area contributed by atoms with E-state index in [1.165, 1.54) is 17.4 Å². The van der Waals surface area contributed by atoms with Crippen molar-refractivity contribution in [3.63, 3.8) is 0 Å². The number of nitrogens with zero attached hydrogens (tertiary/aromatic N) is 2. The Morgan fingerprint density at radius 1 is 1.39 bits per heavy atom. The van der Waals surface area contributed by atoms with Gasteiger partial charge in [0.15, 0.2) is 5.01 Å². The van der Waals surface area contributed by atoms with Crippen LogP contribution in [-0.4, -0.2) is 16.1 Å². The standard InChI is InChI=1S/C12H11N3OS2/c1-2-3-4-7-10(16)13-12-15-14-11(18-12)9-6-5-8-17-9/h2-8H,1H3,(H,13,15,16)/b3-2+,7-4+. The number of hydrogen-bond donors (Lipinski definition) is 1. The van der Waals surface area contributed by atoms with Gasteiger partial charge in [-0.2, -0.15) is 0 Å². The Hall–Kier alpha value is -1.79. The predicted molar refractivity (Wildman–Crippen MR) is 75.8 cm³/mol. The van der Waals surface area contributed by atoms with Gasteiger partial charge in [0, 0.05) is 6.08 Å². The van der Waals surface area contributed by atoms with E-state index in [4.69, 9.17) is 0 Å². The maximum absolute atomic E-state index is 11.5. The molecule has 2 rings (SSSR count). The van der Waals surface area contributed by atoms with Crippen molar-refractivity contribution in [1.29, 1.82) is 0 Å². The van der Waals surface area contributed by atoms with Crippen molar-refractivity contribution in [2.24, 2.45) is 0 Å². The summed E-state index contributed by atoms with van der Waals surface area (Å²) >= 11 is 2.96. The van der Waals surface area contributed by atoms with Crippen molar-refractivity contribution in [1.82, 2.24) is 10.2 Å². The molecule has 0 atom stereocenters. The summed E-state index contributed by atoms with van der Waals surface area (Å²) in [6, 6.07) is 3.93. The Bertz CT molecular complexity index is 570. The Balaban J connectivity index is 2.01.